The van der Waals surface area contributed by atoms with Crippen LogP contribution in [0.4, 0.5) is 5.69 Å². The first-order chi connectivity index (χ1) is 12.6. The molecule has 8 nitrogen and oxygen atoms in total. The number of sulfonamides is 1. The van der Waals surface area contributed by atoms with E-state index < -0.39 is 15.6 Å². The van der Waals surface area contributed by atoms with E-state index in [1.165, 1.54) is 0 Å². The maximum Gasteiger partial charge on any atom is 0.209 e. The van der Waals surface area contributed by atoms with Crippen LogP contribution in [0, 0.1) is 0 Å². The number of para-hydroxylation sites is 2. The minimum absolute atomic E-state index is 0. The monoisotopic (exact) mass is 525 g/mol. The first-order valence-electron chi connectivity index (χ1n) is 9.16. The lowest BCUT2D eigenvalue weighted by Crippen LogP contribution is -2.53. The van der Waals surface area contributed by atoms with Crippen molar-refractivity contribution in [1.82, 2.24) is 14.9 Å². The molecule has 28 heavy (non-hydrogen) atoms. The number of rotatable bonds is 6. The Bertz CT molecular complexity index is 762. The van der Waals surface area contributed by atoms with Crippen LogP contribution in [0.15, 0.2) is 29.3 Å². The quantitative estimate of drug-likeness (QED) is 0.296. The molecule has 1 saturated heterocycles. The molecular weight excluding hydrogens is 493 g/mol. The van der Waals surface area contributed by atoms with Crippen LogP contribution < -0.4 is 14.9 Å². The molecule has 1 aliphatic heterocycles. The molecule has 2 rings (SSSR count). The van der Waals surface area contributed by atoms with Crippen molar-refractivity contribution < 1.29 is 13.5 Å². The van der Waals surface area contributed by atoms with Crippen LogP contribution in [-0.4, -0.2) is 75.4 Å². The van der Waals surface area contributed by atoms with Crippen molar-refractivity contribution in [3.63, 3.8) is 0 Å². The minimum atomic E-state index is -3.29. The van der Waals surface area contributed by atoms with Gasteiger partial charge in [0, 0.05) is 38.3 Å². The summed E-state index contributed by atoms with van der Waals surface area (Å²) in [4.78, 5) is 8.97. The van der Waals surface area contributed by atoms with Gasteiger partial charge in [0.15, 0.2) is 5.96 Å². The van der Waals surface area contributed by atoms with Crippen molar-refractivity contribution in [2.45, 2.75) is 26.3 Å². The predicted octanol–water partition coefficient (Wildman–Crippen LogP) is 1.43. The van der Waals surface area contributed by atoms with Crippen molar-refractivity contribution in [3.05, 3.63) is 24.3 Å². The third kappa shape index (κ3) is 7.63. The van der Waals surface area contributed by atoms with Crippen molar-refractivity contribution >= 4 is 45.6 Å². The van der Waals surface area contributed by atoms with Gasteiger partial charge < -0.3 is 20.2 Å². The molecule has 1 aromatic carbocycles. The highest BCUT2D eigenvalue weighted by Gasteiger charge is 2.24. The highest BCUT2D eigenvalue weighted by atomic mass is 127. The van der Waals surface area contributed by atoms with E-state index in [9.17, 15) is 13.5 Å². The molecule has 3 N–H and O–H groups in total. The maximum absolute atomic E-state index is 11.5. The zero-order chi connectivity index (χ0) is 20.1. The Hall–Kier alpha value is -1.27. The Morgan fingerprint density at radius 1 is 1.21 bits per heavy atom. The van der Waals surface area contributed by atoms with E-state index >= 15 is 0 Å². The van der Waals surface area contributed by atoms with E-state index in [-0.39, 0.29) is 24.0 Å². The van der Waals surface area contributed by atoms with E-state index in [1.54, 1.807) is 6.07 Å². The Morgan fingerprint density at radius 3 is 2.36 bits per heavy atom. The number of nitrogens with zero attached hydrogens (tertiary/aromatic N) is 3. The van der Waals surface area contributed by atoms with E-state index in [1.807, 2.05) is 39.0 Å². The average molecular weight is 525 g/mol. The summed E-state index contributed by atoms with van der Waals surface area (Å²) in [6, 6.07) is 7.36. The molecule has 0 amide bonds. The van der Waals surface area contributed by atoms with Gasteiger partial charge in [0.25, 0.3) is 0 Å². The molecule has 1 fully saturated rings. The molecule has 1 heterocycles. The fourth-order valence-corrected chi connectivity index (χ4v) is 4.19. The SMILES string of the molecule is CCNC(=NCC(C)(C)NS(C)(=O)=O)N1CCN(c2ccccc2O)CC1.I. The molecule has 1 aliphatic rings. The molecular formula is C18H32IN5O3S. The second-order valence-electron chi connectivity index (χ2n) is 7.39. The van der Waals surface area contributed by atoms with Gasteiger partial charge in [-0.2, -0.15) is 0 Å². The lowest BCUT2D eigenvalue weighted by Gasteiger charge is -2.38. The van der Waals surface area contributed by atoms with Crippen LogP contribution in [0.1, 0.15) is 20.8 Å². The van der Waals surface area contributed by atoms with Gasteiger partial charge in [0.2, 0.25) is 10.0 Å². The molecule has 10 heteroatoms. The summed E-state index contributed by atoms with van der Waals surface area (Å²) in [5.41, 5.74) is 0.184. The van der Waals surface area contributed by atoms with Gasteiger partial charge in [-0.15, -0.1) is 24.0 Å². The molecule has 0 aromatic heterocycles. The first-order valence-corrected chi connectivity index (χ1v) is 11.1. The van der Waals surface area contributed by atoms with Crippen LogP contribution in [0.25, 0.3) is 0 Å². The van der Waals surface area contributed by atoms with Crippen molar-refractivity contribution in [1.29, 1.82) is 0 Å². The number of hydrogen-bond acceptors (Lipinski definition) is 5. The van der Waals surface area contributed by atoms with Crippen molar-refractivity contribution in [3.8, 4) is 5.75 Å². The fraction of sp³-hybridized carbons (Fsp3) is 0.611. The van der Waals surface area contributed by atoms with Gasteiger partial charge in [0.1, 0.15) is 5.75 Å². The third-order valence-corrected chi connectivity index (χ3v) is 5.15. The number of halogens is 1. The summed E-state index contributed by atoms with van der Waals surface area (Å²) in [7, 11) is -3.29. The molecule has 0 radical (unpaired) electrons. The molecule has 0 spiro atoms. The maximum atomic E-state index is 11.5. The number of benzene rings is 1. The van der Waals surface area contributed by atoms with Gasteiger partial charge in [0.05, 0.1) is 18.5 Å². The van der Waals surface area contributed by atoms with E-state index in [0.717, 1.165) is 50.6 Å². The van der Waals surface area contributed by atoms with Crippen LogP contribution in [0.3, 0.4) is 0 Å². The van der Waals surface area contributed by atoms with Gasteiger partial charge in [-0.05, 0) is 32.9 Å². The summed E-state index contributed by atoms with van der Waals surface area (Å²) in [6.07, 6.45) is 1.15. The first kappa shape index (κ1) is 24.8. The Balaban J connectivity index is 0.00000392. The average Bonchev–Trinajstić information content (AvgIpc) is 2.57. The molecule has 0 atom stereocenters. The zero-order valence-electron chi connectivity index (χ0n) is 17.0. The van der Waals surface area contributed by atoms with Crippen molar-refractivity contribution in [2.24, 2.45) is 4.99 Å². The molecule has 1 aromatic rings. The summed E-state index contributed by atoms with van der Waals surface area (Å²) >= 11 is 0. The fourth-order valence-electron chi connectivity index (χ4n) is 3.12. The van der Waals surface area contributed by atoms with Gasteiger partial charge in [-0.3, -0.25) is 4.99 Å². The topological polar surface area (TPSA) is 97.3 Å². The van der Waals surface area contributed by atoms with E-state index in [4.69, 9.17) is 0 Å². The van der Waals surface area contributed by atoms with E-state index in [0.29, 0.717) is 12.3 Å². The Kier molecular flexibility index (Phi) is 9.28. The molecule has 0 saturated carbocycles. The number of piperazine rings is 1. The van der Waals surface area contributed by atoms with Crippen LogP contribution in [0.5, 0.6) is 5.75 Å². The molecule has 0 bridgehead atoms. The number of anilines is 1. The number of aromatic hydroxyl groups is 1. The normalized spacial score (nSPS) is 15.9. The van der Waals surface area contributed by atoms with Gasteiger partial charge >= 0.3 is 0 Å². The van der Waals surface area contributed by atoms with Crippen LogP contribution in [-0.2, 0) is 10.0 Å². The van der Waals surface area contributed by atoms with E-state index in [2.05, 4.69) is 24.8 Å². The standard InChI is InChI=1S/C18H31N5O3S.HI/c1-5-19-17(20-14-18(2,3)21-27(4,25)26)23-12-10-22(11-13-23)15-8-6-7-9-16(15)24;/h6-9,21,24H,5,10-14H2,1-4H3,(H,19,20);1H. The largest absolute Gasteiger partial charge is 0.506 e. The molecule has 0 aliphatic carbocycles. The summed E-state index contributed by atoms with van der Waals surface area (Å²) in [5.74, 6) is 1.07. The number of phenolic OH excluding ortho intramolecular Hbond substituents is 1. The minimum Gasteiger partial charge on any atom is -0.506 e. The second kappa shape index (κ2) is 10.5. The van der Waals surface area contributed by atoms with Crippen LogP contribution in [0.2, 0.25) is 0 Å². The zero-order valence-corrected chi connectivity index (χ0v) is 20.1. The number of guanidine groups is 1. The molecule has 0 unspecified atom stereocenters. The lowest BCUT2D eigenvalue weighted by molar-refractivity contribution is 0.366. The van der Waals surface area contributed by atoms with Crippen LogP contribution >= 0.6 is 24.0 Å². The lowest BCUT2D eigenvalue weighted by atomic mass is 10.1. The summed E-state index contributed by atoms with van der Waals surface area (Å²) in [5, 5.41) is 13.3. The second-order valence-corrected chi connectivity index (χ2v) is 9.14. The predicted molar refractivity (Wildman–Crippen MR) is 125 cm³/mol. The number of aliphatic imine (C=N–C) groups is 1. The Labute approximate surface area is 185 Å². The molecule has 160 valence electrons. The Morgan fingerprint density at radius 2 is 1.82 bits per heavy atom. The number of nitrogens with one attached hydrogen (secondary N) is 2. The number of phenols is 1. The van der Waals surface area contributed by atoms with Crippen molar-refractivity contribution in [2.75, 3.05) is 50.4 Å². The third-order valence-electron chi connectivity index (χ3n) is 4.22. The smallest absolute Gasteiger partial charge is 0.209 e. The summed E-state index contributed by atoms with van der Waals surface area (Å²) < 4.78 is 25.6. The highest BCUT2D eigenvalue weighted by Crippen LogP contribution is 2.27. The summed E-state index contributed by atoms with van der Waals surface area (Å²) in [6.45, 7) is 9.78. The van der Waals surface area contributed by atoms with Gasteiger partial charge in [-0.25, -0.2) is 13.1 Å². The highest BCUT2D eigenvalue weighted by molar-refractivity contribution is 14.0. The van der Waals surface area contributed by atoms with Gasteiger partial charge in [-0.1, -0.05) is 12.1 Å². The number of hydrogen-bond donors (Lipinski definition) is 3.